The van der Waals surface area contributed by atoms with Gasteiger partial charge in [-0.25, -0.2) is 9.97 Å². The van der Waals surface area contributed by atoms with Crippen LogP contribution < -0.4 is 9.80 Å². The van der Waals surface area contributed by atoms with Crippen molar-refractivity contribution in [1.82, 2.24) is 19.5 Å². The first-order valence-corrected chi connectivity index (χ1v) is 8.99. The molecular weight excluding hydrogens is 332 g/mol. The van der Waals surface area contributed by atoms with Crippen LogP contribution in [0.3, 0.4) is 0 Å². The Kier molecular flexibility index (Phi) is 5.82. The van der Waals surface area contributed by atoms with Crippen molar-refractivity contribution in [2.45, 2.75) is 38.3 Å². The highest BCUT2D eigenvalue weighted by Crippen LogP contribution is 2.32. The fourth-order valence-corrected chi connectivity index (χ4v) is 3.29. The van der Waals surface area contributed by atoms with Crippen LogP contribution in [0.15, 0.2) is 24.9 Å². The highest BCUT2D eigenvalue weighted by Gasteiger charge is 2.31. The van der Waals surface area contributed by atoms with Crippen molar-refractivity contribution >= 4 is 17.8 Å². The Morgan fingerprint density at radius 1 is 1.38 bits per heavy atom. The van der Waals surface area contributed by atoms with Crippen LogP contribution in [-0.2, 0) is 9.53 Å². The second-order valence-corrected chi connectivity index (χ2v) is 6.61. The zero-order chi connectivity index (χ0) is 18.5. The molecule has 3 heterocycles. The molecule has 0 aromatic carbocycles. The highest BCUT2D eigenvalue weighted by atomic mass is 16.5. The third-order valence-corrected chi connectivity index (χ3v) is 4.72. The van der Waals surface area contributed by atoms with Crippen LogP contribution in [0.1, 0.15) is 26.2 Å². The van der Waals surface area contributed by atoms with Crippen LogP contribution >= 0.6 is 0 Å². The van der Waals surface area contributed by atoms with E-state index in [9.17, 15) is 4.79 Å². The summed E-state index contributed by atoms with van der Waals surface area (Å²) in [5.74, 6) is 1.32. The number of rotatable bonds is 7. The Morgan fingerprint density at radius 2 is 2.15 bits per heavy atom. The summed E-state index contributed by atoms with van der Waals surface area (Å²) < 4.78 is 7.29. The van der Waals surface area contributed by atoms with Gasteiger partial charge in [-0.05, 0) is 19.3 Å². The van der Waals surface area contributed by atoms with Crippen LogP contribution in [0.5, 0.6) is 0 Å². The molecule has 8 nitrogen and oxygen atoms in total. The Bertz CT molecular complexity index is 712. The summed E-state index contributed by atoms with van der Waals surface area (Å²) in [5.41, 5.74) is 0.889. The van der Waals surface area contributed by atoms with E-state index in [4.69, 9.17) is 9.72 Å². The van der Waals surface area contributed by atoms with Gasteiger partial charge in [0.25, 0.3) is 0 Å². The van der Waals surface area contributed by atoms with Crippen molar-refractivity contribution in [2.75, 3.05) is 37.1 Å². The second-order valence-electron chi connectivity index (χ2n) is 6.61. The molecule has 1 saturated heterocycles. The molecule has 0 aliphatic carbocycles. The standard InChI is InChI=1S/C18H26N6O2/c1-4-14(12-25)24(15-5-9-26-10-6-15)17-16(22(2)3)11-20-18(21-17)23-8-7-19-13-23/h7-8,11-15H,4-6,9-10H2,1-3H3/t14-/m1/s1. The van der Waals surface area contributed by atoms with Crippen molar-refractivity contribution < 1.29 is 9.53 Å². The summed E-state index contributed by atoms with van der Waals surface area (Å²) in [5, 5.41) is 0. The first kappa shape index (κ1) is 18.3. The second kappa shape index (κ2) is 8.27. The van der Waals surface area contributed by atoms with Crippen molar-refractivity contribution in [3.63, 3.8) is 0 Å². The van der Waals surface area contributed by atoms with E-state index < -0.39 is 0 Å². The lowest BCUT2D eigenvalue weighted by atomic mass is 10.0. The maximum absolute atomic E-state index is 11.8. The van der Waals surface area contributed by atoms with E-state index in [2.05, 4.69) is 14.9 Å². The van der Waals surface area contributed by atoms with E-state index in [1.165, 1.54) is 0 Å². The van der Waals surface area contributed by atoms with Gasteiger partial charge >= 0.3 is 0 Å². The summed E-state index contributed by atoms with van der Waals surface area (Å²) in [6.07, 6.45) is 10.5. The minimum atomic E-state index is -0.234. The molecule has 26 heavy (non-hydrogen) atoms. The van der Waals surface area contributed by atoms with E-state index in [-0.39, 0.29) is 12.1 Å². The fraction of sp³-hybridized carbons (Fsp3) is 0.556. The predicted molar refractivity (Wildman–Crippen MR) is 99.9 cm³/mol. The first-order chi connectivity index (χ1) is 12.7. The van der Waals surface area contributed by atoms with Gasteiger partial charge in [0.05, 0.1) is 17.9 Å². The number of carbonyl (C=O) groups is 1. The van der Waals surface area contributed by atoms with E-state index in [0.29, 0.717) is 19.2 Å². The number of aldehydes is 1. The van der Waals surface area contributed by atoms with Crippen LogP contribution in [-0.4, -0.2) is 65.2 Å². The summed E-state index contributed by atoms with van der Waals surface area (Å²) in [6.45, 7) is 3.43. The Balaban J connectivity index is 2.10. The number of imidazole rings is 1. The molecule has 0 amide bonds. The van der Waals surface area contributed by atoms with Crippen molar-refractivity contribution in [3.8, 4) is 5.95 Å². The molecule has 0 spiro atoms. The summed E-state index contributed by atoms with van der Waals surface area (Å²) >= 11 is 0. The van der Waals surface area contributed by atoms with E-state index in [1.54, 1.807) is 17.1 Å². The average molecular weight is 358 g/mol. The lowest BCUT2D eigenvalue weighted by Gasteiger charge is -2.40. The smallest absolute Gasteiger partial charge is 0.236 e. The topological polar surface area (TPSA) is 76.4 Å². The molecule has 0 unspecified atom stereocenters. The molecule has 2 aromatic rings. The van der Waals surface area contributed by atoms with Crippen molar-refractivity contribution in [3.05, 3.63) is 24.9 Å². The Morgan fingerprint density at radius 3 is 2.73 bits per heavy atom. The van der Waals surface area contributed by atoms with E-state index in [1.807, 2.05) is 38.3 Å². The van der Waals surface area contributed by atoms with Crippen LogP contribution in [0.4, 0.5) is 11.5 Å². The minimum absolute atomic E-state index is 0.211. The quantitative estimate of drug-likeness (QED) is 0.697. The molecule has 1 aliphatic heterocycles. The van der Waals surface area contributed by atoms with Gasteiger partial charge in [-0.3, -0.25) is 4.57 Å². The molecule has 140 valence electrons. The Labute approximate surface area is 153 Å². The van der Waals surface area contributed by atoms with Gasteiger partial charge in [0.2, 0.25) is 5.95 Å². The van der Waals surface area contributed by atoms with Gasteiger partial charge in [-0.15, -0.1) is 0 Å². The van der Waals surface area contributed by atoms with E-state index in [0.717, 1.165) is 37.1 Å². The molecular formula is C18H26N6O2. The molecule has 1 atom stereocenters. The number of ether oxygens (including phenoxy) is 1. The van der Waals surface area contributed by atoms with Gasteiger partial charge in [0.1, 0.15) is 12.6 Å². The third kappa shape index (κ3) is 3.70. The number of aromatic nitrogens is 4. The summed E-state index contributed by atoms with van der Waals surface area (Å²) in [6, 6.07) is -0.0227. The normalized spacial score (nSPS) is 16.3. The number of nitrogens with zero attached hydrogens (tertiary/aromatic N) is 6. The van der Waals surface area contributed by atoms with E-state index >= 15 is 0 Å². The molecule has 1 fully saturated rings. The maximum atomic E-state index is 11.8. The summed E-state index contributed by atoms with van der Waals surface area (Å²) in [7, 11) is 3.92. The third-order valence-electron chi connectivity index (χ3n) is 4.72. The van der Waals surface area contributed by atoms with Crippen molar-refractivity contribution in [2.24, 2.45) is 0 Å². The van der Waals surface area contributed by atoms with Gasteiger partial charge in [-0.1, -0.05) is 6.92 Å². The van der Waals surface area contributed by atoms with Crippen LogP contribution in [0, 0.1) is 0 Å². The average Bonchev–Trinajstić information content (AvgIpc) is 3.21. The lowest BCUT2D eigenvalue weighted by molar-refractivity contribution is -0.109. The molecule has 0 bridgehead atoms. The summed E-state index contributed by atoms with van der Waals surface area (Å²) in [4.78, 5) is 29.4. The zero-order valence-corrected chi connectivity index (χ0v) is 15.6. The fourth-order valence-electron chi connectivity index (χ4n) is 3.29. The zero-order valence-electron chi connectivity index (χ0n) is 15.6. The Hall–Kier alpha value is -2.48. The molecule has 0 N–H and O–H groups in total. The molecule has 3 rings (SSSR count). The lowest BCUT2D eigenvalue weighted by Crippen LogP contribution is -2.47. The van der Waals surface area contributed by atoms with Crippen LogP contribution in [0.25, 0.3) is 5.95 Å². The van der Waals surface area contributed by atoms with Gasteiger partial charge in [-0.2, -0.15) is 4.98 Å². The molecule has 0 saturated carbocycles. The largest absolute Gasteiger partial charge is 0.381 e. The number of carbonyl (C=O) groups excluding carboxylic acids is 1. The SMILES string of the molecule is CC[C@H](C=O)N(c1nc(-n2ccnc2)ncc1N(C)C)C1CCOCC1. The molecule has 2 aromatic heterocycles. The monoisotopic (exact) mass is 358 g/mol. The highest BCUT2D eigenvalue weighted by molar-refractivity contribution is 5.73. The molecule has 0 radical (unpaired) electrons. The first-order valence-electron chi connectivity index (χ1n) is 8.99. The molecule has 1 aliphatic rings. The number of hydrogen-bond donors (Lipinski definition) is 0. The minimum Gasteiger partial charge on any atom is -0.381 e. The number of hydrogen-bond acceptors (Lipinski definition) is 7. The van der Waals surface area contributed by atoms with Crippen molar-refractivity contribution in [1.29, 1.82) is 0 Å². The van der Waals surface area contributed by atoms with Gasteiger partial charge in [0.15, 0.2) is 5.82 Å². The van der Waals surface area contributed by atoms with Gasteiger partial charge < -0.3 is 19.3 Å². The number of anilines is 2. The van der Waals surface area contributed by atoms with Gasteiger partial charge in [0, 0.05) is 45.7 Å². The van der Waals surface area contributed by atoms with Crippen LogP contribution in [0.2, 0.25) is 0 Å². The maximum Gasteiger partial charge on any atom is 0.236 e. The predicted octanol–water partition coefficient (Wildman–Crippen LogP) is 1.69. The molecule has 8 heteroatoms.